The molecule has 1 fully saturated rings. The number of barbiturate groups is 1. The highest BCUT2D eigenvalue weighted by molar-refractivity contribution is 6.32. The first kappa shape index (κ1) is 26.0. The molecule has 6 amide bonds. The highest BCUT2D eigenvalue weighted by Gasteiger charge is 2.40. The molecule has 3 aromatic rings. The highest BCUT2D eigenvalue weighted by atomic mass is 35.5. The van der Waals surface area contributed by atoms with Gasteiger partial charge < -0.3 is 10.1 Å². The van der Waals surface area contributed by atoms with Gasteiger partial charge in [-0.15, -0.1) is 0 Å². The summed E-state index contributed by atoms with van der Waals surface area (Å²) >= 11 is 5.83. The van der Waals surface area contributed by atoms with Gasteiger partial charge in [-0.1, -0.05) is 11.6 Å². The molecule has 12 heteroatoms. The maximum Gasteiger partial charge on any atom is 0.335 e. The van der Waals surface area contributed by atoms with E-state index < -0.39 is 29.7 Å². The van der Waals surface area contributed by atoms with Crippen LogP contribution in [-0.4, -0.2) is 43.0 Å². The number of hydrogen-bond donors (Lipinski definition) is 3. The summed E-state index contributed by atoms with van der Waals surface area (Å²) in [7, 11) is 1.47. The number of nitrogens with one attached hydrogen (secondary N) is 3. The van der Waals surface area contributed by atoms with Crippen LogP contribution in [0.2, 0.25) is 5.02 Å². The molecule has 1 saturated heterocycles. The molecule has 1 heterocycles. The SMILES string of the molecule is COc1ccc(N2C(=O)NC(=O)[C@@H](/C=N\NC(=O)c3ccc(NC(=O)c4ccc(Cl)cc4)cc3)C2=O)cc1. The lowest BCUT2D eigenvalue weighted by Gasteiger charge is -2.28. The van der Waals surface area contributed by atoms with Gasteiger partial charge in [0.15, 0.2) is 5.92 Å². The zero-order valence-corrected chi connectivity index (χ0v) is 20.6. The molecule has 4 rings (SSSR count). The number of anilines is 2. The fourth-order valence-electron chi connectivity index (χ4n) is 3.44. The molecule has 1 aliphatic rings. The molecule has 192 valence electrons. The topological polar surface area (TPSA) is 146 Å². The van der Waals surface area contributed by atoms with Crippen LogP contribution in [-0.2, 0) is 9.59 Å². The van der Waals surface area contributed by atoms with E-state index in [0.717, 1.165) is 11.1 Å². The van der Waals surface area contributed by atoms with Gasteiger partial charge in [-0.2, -0.15) is 5.10 Å². The van der Waals surface area contributed by atoms with E-state index in [1.807, 2.05) is 0 Å². The molecule has 1 atom stereocenters. The van der Waals surface area contributed by atoms with Crippen LogP contribution in [0.25, 0.3) is 0 Å². The van der Waals surface area contributed by atoms with Crippen LogP contribution in [0.3, 0.4) is 0 Å². The van der Waals surface area contributed by atoms with E-state index in [-0.39, 0.29) is 17.2 Å². The third-order valence-electron chi connectivity index (χ3n) is 5.43. The van der Waals surface area contributed by atoms with Crippen LogP contribution >= 0.6 is 11.6 Å². The first-order valence-electron chi connectivity index (χ1n) is 11.1. The van der Waals surface area contributed by atoms with Crippen molar-refractivity contribution in [2.45, 2.75) is 0 Å². The number of methoxy groups -OCH3 is 1. The molecular weight excluding hydrogens is 514 g/mol. The minimum absolute atomic E-state index is 0.209. The molecular formula is C26H20ClN5O6. The number of hydrogen-bond acceptors (Lipinski definition) is 7. The Bertz CT molecular complexity index is 1420. The second-order valence-electron chi connectivity index (χ2n) is 7.90. The van der Waals surface area contributed by atoms with Crippen LogP contribution in [0.1, 0.15) is 20.7 Å². The average Bonchev–Trinajstić information content (AvgIpc) is 2.91. The molecule has 0 aromatic heterocycles. The zero-order chi connectivity index (χ0) is 27.2. The second-order valence-corrected chi connectivity index (χ2v) is 8.34. The fourth-order valence-corrected chi connectivity index (χ4v) is 3.57. The van der Waals surface area contributed by atoms with Gasteiger partial charge in [0.2, 0.25) is 5.91 Å². The largest absolute Gasteiger partial charge is 0.497 e. The monoisotopic (exact) mass is 533 g/mol. The van der Waals surface area contributed by atoms with Crippen molar-refractivity contribution in [3.63, 3.8) is 0 Å². The summed E-state index contributed by atoms with van der Waals surface area (Å²) in [6, 6.07) is 17.6. The Kier molecular flexibility index (Phi) is 7.78. The fraction of sp³-hybridized carbons (Fsp3) is 0.0769. The van der Waals surface area contributed by atoms with Gasteiger partial charge in [-0.3, -0.25) is 24.5 Å². The summed E-state index contributed by atoms with van der Waals surface area (Å²) in [5.74, 6) is -3.59. The van der Waals surface area contributed by atoms with Crippen LogP contribution in [0, 0.1) is 5.92 Å². The molecule has 0 unspecified atom stereocenters. The number of carbonyl (C=O) groups is 5. The molecule has 0 aliphatic carbocycles. The Morgan fingerprint density at radius 3 is 2.16 bits per heavy atom. The van der Waals surface area contributed by atoms with Gasteiger partial charge in [0, 0.05) is 28.1 Å². The van der Waals surface area contributed by atoms with E-state index in [2.05, 4.69) is 21.2 Å². The number of halogens is 1. The third kappa shape index (κ3) is 5.85. The summed E-state index contributed by atoms with van der Waals surface area (Å²) < 4.78 is 5.06. The quantitative estimate of drug-likeness (QED) is 0.241. The average molecular weight is 534 g/mol. The number of hydrazone groups is 1. The van der Waals surface area contributed by atoms with Gasteiger partial charge in [0.1, 0.15) is 5.75 Å². The van der Waals surface area contributed by atoms with Crippen molar-refractivity contribution in [3.8, 4) is 5.75 Å². The molecule has 0 bridgehead atoms. The maximum atomic E-state index is 12.9. The third-order valence-corrected chi connectivity index (χ3v) is 5.69. The van der Waals surface area contributed by atoms with Crippen molar-refractivity contribution < 1.29 is 28.7 Å². The van der Waals surface area contributed by atoms with Crippen molar-refractivity contribution in [1.29, 1.82) is 0 Å². The van der Waals surface area contributed by atoms with Crippen molar-refractivity contribution in [2.24, 2.45) is 11.0 Å². The maximum absolute atomic E-state index is 12.9. The van der Waals surface area contributed by atoms with Gasteiger partial charge in [0.25, 0.3) is 17.7 Å². The molecule has 11 nitrogen and oxygen atoms in total. The number of rotatable bonds is 7. The lowest BCUT2D eigenvalue weighted by molar-refractivity contribution is -0.131. The van der Waals surface area contributed by atoms with E-state index in [1.165, 1.54) is 43.5 Å². The standard InChI is InChI=1S/C26H20ClN5O6/c1-38-20-12-10-19(11-13-20)32-25(36)21(24(35)30-26(32)37)14-28-31-23(34)16-4-8-18(9-5-16)29-22(33)15-2-6-17(27)7-3-15/h2-14,21H,1H3,(H,29,33)(H,31,34)(H,30,35,37)/b28-14-/t21-/m1/s1. The summed E-state index contributed by atoms with van der Waals surface area (Å²) in [6.45, 7) is 0. The number of carbonyl (C=O) groups excluding carboxylic acids is 5. The van der Waals surface area contributed by atoms with Crippen LogP contribution in [0.15, 0.2) is 77.9 Å². The Balaban J connectivity index is 1.37. The Labute approximate surface area is 221 Å². The van der Waals surface area contributed by atoms with Crippen LogP contribution < -0.4 is 25.7 Å². The number of amides is 6. The van der Waals surface area contributed by atoms with Crippen molar-refractivity contribution in [1.82, 2.24) is 10.7 Å². The van der Waals surface area contributed by atoms with Gasteiger partial charge in [-0.05, 0) is 72.8 Å². The predicted octanol–water partition coefficient (Wildman–Crippen LogP) is 3.22. The summed E-state index contributed by atoms with van der Waals surface area (Å²) in [6.07, 6.45) is 0.944. The van der Waals surface area contributed by atoms with E-state index in [0.29, 0.717) is 22.0 Å². The molecule has 3 N–H and O–H groups in total. The van der Waals surface area contributed by atoms with Crippen molar-refractivity contribution >= 4 is 58.9 Å². The number of ether oxygens (including phenoxy) is 1. The van der Waals surface area contributed by atoms with Crippen LogP contribution in [0.5, 0.6) is 5.75 Å². The molecule has 0 spiro atoms. The Morgan fingerprint density at radius 2 is 1.53 bits per heavy atom. The van der Waals surface area contributed by atoms with E-state index in [4.69, 9.17) is 16.3 Å². The van der Waals surface area contributed by atoms with E-state index in [9.17, 15) is 24.0 Å². The molecule has 3 aromatic carbocycles. The summed E-state index contributed by atoms with van der Waals surface area (Å²) in [4.78, 5) is 62.9. The minimum Gasteiger partial charge on any atom is -0.497 e. The van der Waals surface area contributed by atoms with Crippen molar-refractivity contribution in [2.75, 3.05) is 17.3 Å². The summed E-state index contributed by atoms with van der Waals surface area (Å²) in [5.41, 5.74) is 3.55. The Morgan fingerprint density at radius 1 is 0.921 bits per heavy atom. The van der Waals surface area contributed by atoms with Gasteiger partial charge >= 0.3 is 6.03 Å². The normalized spacial score (nSPS) is 15.3. The number of imide groups is 2. The zero-order valence-electron chi connectivity index (χ0n) is 19.8. The lowest BCUT2D eigenvalue weighted by atomic mass is 10.1. The van der Waals surface area contributed by atoms with Gasteiger partial charge in [-0.25, -0.2) is 15.1 Å². The van der Waals surface area contributed by atoms with E-state index in [1.54, 1.807) is 36.4 Å². The highest BCUT2D eigenvalue weighted by Crippen LogP contribution is 2.23. The molecule has 38 heavy (non-hydrogen) atoms. The first-order valence-corrected chi connectivity index (χ1v) is 11.5. The van der Waals surface area contributed by atoms with E-state index >= 15 is 0 Å². The smallest absolute Gasteiger partial charge is 0.335 e. The Hall–Kier alpha value is -5.03. The number of benzene rings is 3. The molecule has 1 aliphatic heterocycles. The second kappa shape index (κ2) is 11.4. The minimum atomic E-state index is -1.44. The molecule has 0 saturated carbocycles. The number of urea groups is 1. The van der Waals surface area contributed by atoms with Crippen LogP contribution in [0.4, 0.5) is 16.2 Å². The predicted molar refractivity (Wildman–Crippen MR) is 139 cm³/mol. The summed E-state index contributed by atoms with van der Waals surface area (Å²) in [5, 5.41) is 9.03. The molecule has 0 radical (unpaired) electrons. The van der Waals surface area contributed by atoms with Crippen molar-refractivity contribution in [3.05, 3.63) is 88.9 Å². The first-order chi connectivity index (χ1) is 18.3. The van der Waals surface area contributed by atoms with Gasteiger partial charge in [0.05, 0.1) is 12.8 Å². The number of nitrogens with zero attached hydrogens (tertiary/aromatic N) is 2. The lowest BCUT2D eigenvalue weighted by Crippen LogP contribution is -2.58.